The molecular weight excluding hydrogens is 404 g/mol. The quantitative estimate of drug-likeness (QED) is 0.591. The molecule has 1 aliphatic heterocycles. The van der Waals surface area contributed by atoms with Gasteiger partial charge in [-0.3, -0.25) is 14.9 Å². The van der Waals surface area contributed by atoms with Crippen LogP contribution in [0.25, 0.3) is 11.1 Å². The van der Waals surface area contributed by atoms with Gasteiger partial charge in [-0.1, -0.05) is 42.5 Å². The van der Waals surface area contributed by atoms with Gasteiger partial charge in [-0.15, -0.1) is 0 Å². The van der Waals surface area contributed by atoms with Gasteiger partial charge in [0.1, 0.15) is 5.54 Å². The third kappa shape index (κ3) is 4.15. The van der Waals surface area contributed by atoms with Crippen LogP contribution < -0.4 is 16.0 Å². The summed E-state index contributed by atoms with van der Waals surface area (Å²) in [5.74, 6) is -3.54. The zero-order chi connectivity index (χ0) is 22.2. The van der Waals surface area contributed by atoms with Gasteiger partial charge in [0.05, 0.1) is 0 Å². The zero-order valence-electron chi connectivity index (χ0n) is 17.0. The number of nitrogens with one attached hydrogen (secondary N) is 3. The van der Waals surface area contributed by atoms with Crippen molar-refractivity contribution in [2.24, 2.45) is 5.92 Å². The molecule has 1 saturated carbocycles. The molecule has 1 atom stereocenters. The van der Waals surface area contributed by atoms with Crippen molar-refractivity contribution in [2.45, 2.75) is 37.6 Å². The molecule has 2 aromatic rings. The van der Waals surface area contributed by atoms with Crippen molar-refractivity contribution in [3.8, 4) is 11.1 Å². The van der Waals surface area contributed by atoms with Crippen LogP contribution in [0.2, 0.25) is 0 Å². The molecule has 162 valence electrons. The molecule has 4 rings (SSSR count). The van der Waals surface area contributed by atoms with Gasteiger partial charge in [0.25, 0.3) is 17.7 Å². The lowest BCUT2D eigenvalue weighted by molar-refractivity contribution is -0.125. The van der Waals surface area contributed by atoms with Gasteiger partial charge >= 0.3 is 6.03 Å². The highest BCUT2D eigenvalue weighted by atomic mass is 19.3. The van der Waals surface area contributed by atoms with Crippen LogP contribution in [0.3, 0.4) is 0 Å². The Hall–Kier alpha value is -3.29. The van der Waals surface area contributed by atoms with Crippen LogP contribution in [0, 0.1) is 5.92 Å². The van der Waals surface area contributed by atoms with E-state index in [-0.39, 0.29) is 29.8 Å². The molecule has 0 unspecified atom stereocenters. The van der Waals surface area contributed by atoms with E-state index in [9.17, 15) is 23.2 Å². The smallest absolute Gasteiger partial charge is 0.322 e. The third-order valence-electron chi connectivity index (χ3n) is 5.92. The summed E-state index contributed by atoms with van der Waals surface area (Å²) in [6.45, 7) is 1.04. The Morgan fingerprint density at radius 2 is 1.81 bits per heavy atom. The molecule has 0 spiro atoms. The largest absolute Gasteiger partial charge is 0.352 e. The molecule has 8 heteroatoms. The van der Waals surface area contributed by atoms with Crippen molar-refractivity contribution in [3.05, 3.63) is 59.7 Å². The Morgan fingerprint density at radius 1 is 1.13 bits per heavy atom. The highest BCUT2D eigenvalue weighted by Crippen LogP contribution is 2.43. The Kier molecular flexibility index (Phi) is 5.24. The average molecular weight is 427 g/mol. The first-order chi connectivity index (χ1) is 14.7. The summed E-state index contributed by atoms with van der Waals surface area (Å²) < 4.78 is 27.0. The van der Waals surface area contributed by atoms with Crippen LogP contribution in [0.4, 0.5) is 13.6 Å². The Bertz CT molecular complexity index is 1030. The van der Waals surface area contributed by atoms with Crippen LogP contribution in [0.15, 0.2) is 48.5 Å². The lowest BCUT2D eigenvalue weighted by Crippen LogP contribution is -2.51. The van der Waals surface area contributed by atoms with Gasteiger partial charge < -0.3 is 10.6 Å². The fraction of sp³-hybridized carbons (Fsp3) is 0.348. The maximum absolute atomic E-state index is 13.5. The summed E-state index contributed by atoms with van der Waals surface area (Å²) in [5.41, 5.74) is 0.607. The minimum Gasteiger partial charge on any atom is -0.352 e. The second-order valence-electron chi connectivity index (χ2n) is 8.17. The van der Waals surface area contributed by atoms with E-state index in [0.717, 1.165) is 19.8 Å². The SMILES string of the molecule is CC(F)(F)c1ccc(-c2ccccc2C(=O)NCC[C@@]2(C3CC3)NC(=O)NC2=O)cc1. The summed E-state index contributed by atoms with van der Waals surface area (Å²) in [4.78, 5) is 36.8. The predicted octanol–water partition coefficient (Wildman–Crippen LogP) is 3.57. The average Bonchev–Trinajstić information content (AvgIpc) is 3.54. The fourth-order valence-corrected chi connectivity index (χ4v) is 4.09. The van der Waals surface area contributed by atoms with Crippen LogP contribution >= 0.6 is 0 Å². The molecule has 4 amide bonds. The van der Waals surface area contributed by atoms with Gasteiger partial charge in [0.15, 0.2) is 0 Å². The van der Waals surface area contributed by atoms with E-state index in [1.54, 1.807) is 36.4 Å². The normalized spacial score (nSPS) is 20.9. The molecule has 2 aromatic carbocycles. The Labute approximate surface area is 178 Å². The molecule has 1 heterocycles. The molecule has 6 nitrogen and oxygen atoms in total. The summed E-state index contributed by atoms with van der Waals surface area (Å²) in [7, 11) is 0. The summed E-state index contributed by atoms with van der Waals surface area (Å²) in [6, 6.07) is 12.2. The summed E-state index contributed by atoms with van der Waals surface area (Å²) >= 11 is 0. The van der Waals surface area contributed by atoms with E-state index in [2.05, 4.69) is 16.0 Å². The van der Waals surface area contributed by atoms with Gasteiger partial charge in [-0.05, 0) is 42.4 Å². The minimum absolute atomic E-state index is 0.0818. The number of halogens is 2. The van der Waals surface area contributed by atoms with E-state index in [1.807, 2.05) is 0 Å². The topological polar surface area (TPSA) is 87.3 Å². The van der Waals surface area contributed by atoms with Crippen molar-refractivity contribution >= 4 is 17.8 Å². The maximum atomic E-state index is 13.5. The first kappa shape index (κ1) is 21.0. The number of amides is 4. The Morgan fingerprint density at radius 3 is 2.39 bits per heavy atom. The fourth-order valence-electron chi connectivity index (χ4n) is 4.09. The van der Waals surface area contributed by atoms with E-state index >= 15 is 0 Å². The lowest BCUT2D eigenvalue weighted by Gasteiger charge is -2.26. The van der Waals surface area contributed by atoms with Gasteiger partial charge in [-0.25, -0.2) is 13.6 Å². The number of carbonyl (C=O) groups is 3. The lowest BCUT2D eigenvalue weighted by atomic mass is 9.89. The molecule has 0 radical (unpaired) electrons. The highest BCUT2D eigenvalue weighted by Gasteiger charge is 2.55. The zero-order valence-corrected chi connectivity index (χ0v) is 17.0. The van der Waals surface area contributed by atoms with Gasteiger partial charge in [-0.2, -0.15) is 0 Å². The third-order valence-corrected chi connectivity index (χ3v) is 5.92. The number of rotatable bonds is 7. The van der Waals surface area contributed by atoms with E-state index in [1.165, 1.54) is 12.1 Å². The molecule has 3 N–H and O–H groups in total. The van der Waals surface area contributed by atoms with Gasteiger partial charge in [0, 0.05) is 24.6 Å². The molecular formula is C23H23F2N3O3. The summed E-state index contributed by atoms with van der Waals surface area (Å²) in [5, 5.41) is 7.85. The Balaban J connectivity index is 1.47. The highest BCUT2D eigenvalue weighted by molar-refractivity contribution is 6.07. The number of hydrogen-bond donors (Lipinski definition) is 3. The summed E-state index contributed by atoms with van der Waals surface area (Å²) in [6.07, 6.45) is 2.01. The van der Waals surface area contributed by atoms with Crippen molar-refractivity contribution in [1.82, 2.24) is 16.0 Å². The van der Waals surface area contributed by atoms with E-state index in [4.69, 9.17) is 0 Å². The van der Waals surface area contributed by atoms with E-state index in [0.29, 0.717) is 23.1 Å². The molecule has 2 fully saturated rings. The molecule has 0 aromatic heterocycles. The van der Waals surface area contributed by atoms with Crippen LogP contribution in [-0.4, -0.2) is 29.9 Å². The number of carbonyl (C=O) groups excluding carboxylic acids is 3. The van der Waals surface area contributed by atoms with Crippen molar-refractivity contribution in [2.75, 3.05) is 6.54 Å². The number of imide groups is 1. The monoisotopic (exact) mass is 427 g/mol. The van der Waals surface area contributed by atoms with Crippen LogP contribution in [0.1, 0.15) is 42.1 Å². The van der Waals surface area contributed by atoms with E-state index < -0.39 is 17.5 Å². The number of benzene rings is 2. The predicted molar refractivity (Wildman–Crippen MR) is 111 cm³/mol. The molecule has 1 saturated heterocycles. The second-order valence-corrected chi connectivity index (χ2v) is 8.17. The minimum atomic E-state index is -2.94. The van der Waals surface area contributed by atoms with Crippen LogP contribution in [-0.2, 0) is 10.7 Å². The second kappa shape index (κ2) is 7.76. The number of alkyl halides is 2. The first-order valence-corrected chi connectivity index (χ1v) is 10.2. The molecule has 0 bridgehead atoms. The molecule has 31 heavy (non-hydrogen) atoms. The molecule has 1 aliphatic carbocycles. The maximum Gasteiger partial charge on any atom is 0.322 e. The molecule has 2 aliphatic rings. The van der Waals surface area contributed by atoms with Crippen LogP contribution in [0.5, 0.6) is 0 Å². The number of urea groups is 1. The van der Waals surface area contributed by atoms with Crippen molar-refractivity contribution < 1.29 is 23.2 Å². The van der Waals surface area contributed by atoms with Crippen molar-refractivity contribution in [3.63, 3.8) is 0 Å². The number of hydrogen-bond acceptors (Lipinski definition) is 3. The van der Waals surface area contributed by atoms with Crippen molar-refractivity contribution in [1.29, 1.82) is 0 Å². The van der Waals surface area contributed by atoms with Gasteiger partial charge in [0.2, 0.25) is 0 Å². The standard InChI is InChI=1S/C23H23F2N3O3/c1-22(24,25)15-8-6-14(7-9-15)17-4-2-3-5-18(17)19(29)26-13-12-23(16-10-11-16)20(30)27-21(31)28-23/h2-9,16H,10-13H2,1H3,(H,26,29)(H2,27,28,30,31)/t23-/m0/s1. The first-order valence-electron chi connectivity index (χ1n) is 10.2.